The monoisotopic (exact) mass is 865 g/mol. The van der Waals surface area contributed by atoms with Gasteiger partial charge in [0, 0.05) is 31.9 Å². The van der Waals surface area contributed by atoms with Gasteiger partial charge in [0.15, 0.2) is 5.96 Å². The molecular weight excluding hydrogens is 807 g/mol. The molecule has 0 unspecified atom stereocenters. The first-order valence-electron chi connectivity index (χ1n) is 19.7. The van der Waals surface area contributed by atoms with E-state index in [9.17, 15) is 38.4 Å². The van der Waals surface area contributed by atoms with E-state index in [4.69, 9.17) is 22.3 Å². The molecule has 7 amide bonds. The zero-order valence-electron chi connectivity index (χ0n) is 35.9. The van der Waals surface area contributed by atoms with Crippen molar-refractivity contribution in [3.63, 3.8) is 0 Å². The van der Waals surface area contributed by atoms with Crippen LogP contribution >= 0.6 is 0 Å². The van der Waals surface area contributed by atoms with Crippen LogP contribution in [-0.4, -0.2) is 116 Å². The van der Waals surface area contributed by atoms with Gasteiger partial charge in [-0.1, -0.05) is 27.7 Å². The normalized spacial score (nSPS) is 13.4. The van der Waals surface area contributed by atoms with Crippen LogP contribution in [0.4, 0.5) is 17.1 Å². The molecule has 0 radical (unpaired) electrons. The van der Waals surface area contributed by atoms with Gasteiger partial charge in [0.2, 0.25) is 35.4 Å². The summed E-state index contributed by atoms with van der Waals surface area (Å²) in [4.78, 5) is 108. The highest BCUT2D eigenvalue weighted by atomic mass is 16.4. The van der Waals surface area contributed by atoms with E-state index in [0.29, 0.717) is 11.4 Å². The minimum Gasteiger partial charge on any atom is -0.480 e. The molecule has 0 bridgehead atoms. The van der Waals surface area contributed by atoms with E-state index in [0.717, 1.165) is 5.69 Å². The third-order valence-corrected chi connectivity index (χ3v) is 9.05. The van der Waals surface area contributed by atoms with E-state index >= 15 is 0 Å². The number of carbonyl (C=O) groups is 8. The molecule has 338 valence electrons. The smallest absolute Gasteiger partial charge is 0.325 e. The molecule has 0 aliphatic carbocycles. The highest BCUT2D eigenvalue weighted by Gasteiger charge is 2.34. The zero-order valence-corrected chi connectivity index (χ0v) is 35.9. The maximum absolute atomic E-state index is 13.5. The molecular formula is C40H59N13O9. The van der Waals surface area contributed by atoms with Crippen LogP contribution in [0.2, 0.25) is 0 Å². The molecule has 0 saturated heterocycles. The Morgan fingerprint density at radius 2 is 1.19 bits per heavy atom. The van der Waals surface area contributed by atoms with Gasteiger partial charge >= 0.3 is 5.97 Å². The van der Waals surface area contributed by atoms with Crippen molar-refractivity contribution in [3.8, 4) is 0 Å². The first-order chi connectivity index (χ1) is 29.1. The van der Waals surface area contributed by atoms with Gasteiger partial charge in [-0.25, -0.2) is 0 Å². The summed E-state index contributed by atoms with van der Waals surface area (Å²) in [6, 6.07) is 7.15. The summed E-state index contributed by atoms with van der Waals surface area (Å²) < 4.78 is 0. The fourth-order valence-corrected chi connectivity index (χ4v) is 5.50. The van der Waals surface area contributed by atoms with Crippen LogP contribution in [0.3, 0.4) is 0 Å². The quantitative estimate of drug-likeness (QED) is 0.0281. The van der Waals surface area contributed by atoms with Crippen LogP contribution in [-0.2, 0) is 33.6 Å². The van der Waals surface area contributed by atoms with Crippen LogP contribution in [0.5, 0.6) is 0 Å². The second-order valence-corrected chi connectivity index (χ2v) is 15.2. The predicted molar refractivity (Wildman–Crippen MR) is 230 cm³/mol. The highest BCUT2D eigenvalue weighted by Crippen LogP contribution is 2.22. The predicted octanol–water partition coefficient (Wildman–Crippen LogP) is -0.333. The minimum atomic E-state index is -1.55. The lowest BCUT2D eigenvalue weighted by molar-refractivity contribution is -0.142. The number of amides is 7. The summed E-state index contributed by atoms with van der Waals surface area (Å²) in [6.07, 6.45) is -0.285. The summed E-state index contributed by atoms with van der Waals surface area (Å²) in [5.41, 5.74) is 18.4. The van der Waals surface area contributed by atoms with Gasteiger partial charge < -0.3 is 59.1 Å². The number of aliphatic carboxylic acids is 1. The molecule has 0 aliphatic heterocycles. The Morgan fingerprint density at radius 1 is 0.661 bits per heavy atom. The number of rotatable bonds is 24. The molecule has 5 atom stereocenters. The van der Waals surface area contributed by atoms with E-state index in [1.165, 1.54) is 19.1 Å². The summed E-state index contributed by atoms with van der Waals surface area (Å²) in [7, 11) is 3.85. The minimum absolute atomic E-state index is 0.0884. The van der Waals surface area contributed by atoms with Crippen molar-refractivity contribution < 1.29 is 43.5 Å². The van der Waals surface area contributed by atoms with Crippen molar-refractivity contribution >= 4 is 70.3 Å². The number of anilines is 1. The van der Waals surface area contributed by atoms with Crippen LogP contribution < -0.4 is 54.0 Å². The number of hydrogen-bond acceptors (Lipinski definition) is 12. The number of guanidine groups is 1. The van der Waals surface area contributed by atoms with Gasteiger partial charge in [0.05, 0.1) is 24.3 Å². The number of primary amides is 1. The summed E-state index contributed by atoms with van der Waals surface area (Å²) in [5, 5.41) is 32.3. The molecule has 0 heterocycles. The van der Waals surface area contributed by atoms with Crippen LogP contribution in [0.1, 0.15) is 64.2 Å². The molecule has 0 spiro atoms. The SMILES string of the molecule is CC(C)[C@H](NC(=O)CNC(=O)[C@H](CCCN=C(N)N)NC(=O)c1ccc(N=Nc2ccc(N(C)C)cc2)cc1)C(=O)N[C@H](C(=O)N[C@@H](CC(N)=O)C(=O)N[C@@H](C)C(=O)O)C(C)C. The van der Waals surface area contributed by atoms with Gasteiger partial charge in [0.25, 0.3) is 5.91 Å². The van der Waals surface area contributed by atoms with Crippen LogP contribution in [0, 0.1) is 11.8 Å². The van der Waals surface area contributed by atoms with Crippen molar-refractivity contribution in [1.82, 2.24) is 31.9 Å². The maximum Gasteiger partial charge on any atom is 0.325 e. The molecule has 22 heteroatoms. The third kappa shape index (κ3) is 17.6. The van der Waals surface area contributed by atoms with E-state index in [1.54, 1.807) is 39.8 Å². The molecule has 0 aliphatic rings. The van der Waals surface area contributed by atoms with E-state index in [1.807, 2.05) is 43.3 Å². The van der Waals surface area contributed by atoms with Crippen molar-refractivity contribution in [2.24, 2.45) is 44.3 Å². The van der Waals surface area contributed by atoms with Crippen molar-refractivity contribution in [2.45, 2.75) is 84.1 Å². The summed E-state index contributed by atoms with van der Waals surface area (Å²) in [5.74, 6) is -8.28. The van der Waals surface area contributed by atoms with Gasteiger partial charge in [0.1, 0.15) is 30.2 Å². The average Bonchev–Trinajstić information content (AvgIpc) is 3.20. The van der Waals surface area contributed by atoms with Gasteiger partial charge in [-0.2, -0.15) is 10.2 Å². The second kappa shape index (κ2) is 24.8. The van der Waals surface area contributed by atoms with Crippen molar-refractivity contribution in [1.29, 1.82) is 0 Å². The van der Waals surface area contributed by atoms with Crippen molar-refractivity contribution in [2.75, 3.05) is 32.1 Å². The maximum atomic E-state index is 13.5. The number of azo groups is 1. The van der Waals surface area contributed by atoms with Gasteiger partial charge in [-0.3, -0.25) is 43.3 Å². The standard InChI is InChI=1S/C40H59N13O9/c1-21(2)32(38(60)50-33(22(3)4)37(59)48-29(19-30(41)54)36(58)46-23(5)39(61)62)49-31(55)20-45-35(57)28(9-8-18-44-40(42)43)47-34(56)24-10-12-25(13-11-24)51-52-26-14-16-27(17-15-26)53(6)7/h10-17,21-23,28-29,32-33H,8-9,18-20H2,1-7H3,(H2,41,54)(H,45,57)(H,46,58)(H,47,56)(H,48,59)(H,49,55)(H,50,60)(H,61,62)(H4,42,43,44)/t23-,28-,29-,32-,33-/m0/s1. The van der Waals surface area contributed by atoms with Crippen LogP contribution in [0.25, 0.3) is 0 Å². The number of benzene rings is 2. The fourth-order valence-electron chi connectivity index (χ4n) is 5.50. The third-order valence-electron chi connectivity index (χ3n) is 9.05. The first-order valence-corrected chi connectivity index (χ1v) is 19.7. The summed E-state index contributed by atoms with van der Waals surface area (Å²) in [6.45, 7) is 7.20. The number of nitrogens with one attached hydrogen (secondary N) is 6. The van der Waals surface area contributed by atoms with Gasteiger partial charge in [-0.15, -0.1) is 0 Å². The van der Waals surface area contributed by atoms with E-state index in [2.05, 4.69) is 47.1 Å². The lowest BCUT2D eigenvalue weighted by atomic mass is 9.99. The largest absolute Gasteiger partial charge is 0.480 e. The molecule has 2 rings (SSSR count). The van der Waals surface area contributed by atoms with E-state index < -0.39 is 102 Å². The van der Waals surface area contributed by atoms with E-state index in [-0.39, 0.29) is 30.9 Å². The number of aliphatic imine (C=N–C) groups is 1. The lowest BCUT2D eigenvalue weighted by Crippen LogP contribution is -2.60. The number of hydrogen-bond donors (Lipinski definition) is 10. The number of nitrogens with two attached hydrogens (primary N) is 3. The van der Waals surface area contributed by atoms with Gasteiger partial charge in [-0.05, 0) is 80.1 Å². The molecule has 0 saturated carbocycles. The number of nitrogens with zero attached hydrogens (tertiary/aromatic N) is 4. The Morgan fingerprint density at radius 3 is 1.69 bits per heavy atom. The molecule has 0 aromatic heterocycles. The molecule has 2 aromatic rings. The molecule has 0 fully saturated rings. The number of carboxylic acids is 1. The Bertz CT molecular complexity index is 1950. The molecule has 62 heavy (non-hydrogen) atoms. The Labute approximate surface area is 359 Å². The fraction of sp³-hybridized carbons (Fsp3) is 0.475. The zero-order chi connectivity index (χ0) is 46.7. The average molecular weight is 866 g/mol. The number of carboxylic acid groups (broad SMARTS) is 1. The molecule has 2 aromatic carbocycles. The van der Waals surface area contributed by atoms with Crippen LogP contribution in [0.15, 0.2) is 63.8 Å². The summed E-state index contributed by atoms with van der Waals surface area (Å²) >= 11 is 0. The Kier molecular flexibility index (Phi) is 20.4. The second-order valence-electron chi connectivity index (χ2n) is 15.2. The van der Waals surface area contributed by atoms with Crippen molar-refractivity contribution in [3.05, 3.63) is 54.1 Å². The topological polar surface area (TPSA) is 347 Å². The lowest BCUT2D eigenvalue weighted by Gasteiger charge is -2.28. The Hall–Kier alpha value is -7.13. The number of carbonyl (C=O) groups excluding carboxylic acids is 7. The highest BCUT2D eigenvalue weighted by molar-refractivity contribution is 5.99. The molecule has 22 nitrogen and oxygen atoms in total. The Balaban J connectivity index is 2.12. The molecule has 13 N–H and O–H groups in total. The first kappa shape index (κ1) is 51.0.